The molecule has 0 saturated heterocycles. The molecule has 7 nitrogen and oxygen atoms in total. The van der Waals surface area contributed by atoms with E-state index in [9.17, 15) is 4.79 Å². The van der Waals surface area contributed by atoms with Crippen LogP contribution in [0.3, 0.4) is 0 Å². The molecule has 1 amide bonds. The van der Waals surface area contributed by atoms with Gasteiger partial charge in [0.05, 0.1) is 18.6 Å². The molecule has 2 N–H and O–H groups in total. The number of hydrogen-bond donors (Lipinski definition) is 2. The number of nitrogens with zero attached hydrogens (tertiary/aromatic N) is 4. The maximum atomic E-state index is 12.3. The van der Waals surface area contributed by atoms with Crippen molar-refractivity contribution in [3.05, 3.63) is 72.6 Å². The van der Waals surface area contributed by atoms with E-state index in [-0.39, 0.29) is 5.91 Å². The Labute approximate surface area is 137 Å². The van der Waals surface area contributed by atoms with Crippen LogP contribution in [0.4, 0.5) is 0 Å². The molecule has 0 radical (unpaired) electrons. The minimum atomic E-state index is -0.140. The van der Waals surface area contributed by atoms with E-state index in [2.05, 4.69) is 25.5 Å². The first-order valence-corrected chi connectivity index (χ1v) is 7.46. The summed E-state index contributed by atoms with van der Waals surface area (Å²) < 4.78 is 1.88. The molecule has 0 aliphatic rings. The summed E-state index contributed by atoms with van der Waals surface area (Å²) >= 11 is 0. The number of fused-ring (bicyclic) bond motifs is 1. The number of benzene rings is 1. The van der Waals surface area contributed by atoms with Crippen LogP contribution in [0.1, 0.15) is 16.1 Å². The Morgan fingerprint density at radius 2 is 2.04 bits per heavy atom. The van der Waals surface area contributed by atoms with Crippen LogP contribution in [0.2, 0.25) is 0 Å². The second kappa shape index (κ2) is 5.96. The third-order valence-corrected chi connectivity index (χ3v) is 3.77. The first-order chi connectivity index (χ1) is 11.8. The molecule has 1 aromatic carbocycles. The first-order valence-electron chi connectivity index (χ1n) is 7.46. The zero-order chi connectivity index (χ0) is 16.4. The van der Waals surface area contributed by atoms with Crippen molar-refractivity contribution in [2.24, 2.45) is 0 Å². The molecule has 0 saturated carbocycles. The predicted octanol–water partition coefficient (Wildman–Crippen LogP) is 2.07. The summed E-state index contributed by atoms with van der Waals surface area (Å²) in [5.41, 5.74) is 3.03. The van der Waals surface area contributed by atoms with Crippen LogP contribution < -0.4 is 5.32 Å². The van der Waals surface area contributed by atoms with E-state index in [1.807, 2.05) is 35.0 Å². The van der Waals surface area contributed by atoms with Crippen LogP contribution in [-0.4, -0.2) is 30.6 Å². The van der Waals surface area contributed by atoms with Crippen molar-refractivity contribution in [2.75, 3.05) is 0 Å². The van der Waals surface area contributed by atoms with E-state index in [0.717, 1.165) is 16.8 Å². The number of rotatable bonds is 4. The van der Waals surface area contributed by atoms with Crippen molar-refractivity contribution in [3.8, 4) is 5.69 Å². The van der Waals surface area contributed by atoms with Crippen molar-refractivity contribution in [1.82, 2.24) is 30.0 Å². The van der Waals surface area contributed by atoms with E-state index in [0.29, 0.717) is 17.8 Å². The maximum Gasteiger partial charge on any atom is 0.251 e. The van der Waals surface area contributed by atoms with E-state index in [1.165, 1.54) is 0 Å². The smallest absolute Gasteiger partial charge is 0.251 e. The highest BCUT2D eigenvalue weighted by atomic mass is 16.1. The van der Waals surface area contributed by atoms with Gasteiger partial charge < -0.3 is 9.88 Å². The molecule has 0 aliphatic heterocycles. The Morgan fingerprint density at radius 3 is 2.83 bits per heavy atom. The maximum absolute atomic E-state index is 12.3. The Bertz CT molecular complexity index is 972. The van der Waals surface area contributed by atoms with E-state index in [4.69, 9.17) is 0 Å². The fraction of sp³-hybridized carbons (Fsp3) is 0.0588. The summed E-state index contributed by atoms with van der Waals surface area (Å²) in [4.78, 5) is 20.5. The van der Waals surface area contributed by atoms with Gasteiger partial charge in [-0.15, -0.1) is 0 Å². The lowest BCUT2D eigenvalue weighted by Gasteiger charge is -2.06. The zero-order valence-electron chi connectivity index (χ0n) is 12.7. The third kappa shape index (κ3) is 2.63. The van der Waals surface area contributed by atoms with Gasteiger partial charge in [0.2, 0.25) is 0 Å². The lowest BCUT2D eigenvalue weighted by atomic mass is 10.2. The number of aromatic nitrogens is 5. The molecular formula is C17H14N6O. The molecule has 7 heteroatoms. The fourth-order valence-electron chi connectivity index (χ4n) is 2.50. The SMILES string of the molecule is O=C(NCc1[nH]nc2ncccc12)c1ccc(-n2ccnc2)cc1. The van der Waals surface area contributed by atoms with Gasteiger partial charge in [0, 0.05) is 35.2 Å². The molecule has 118 valence electrons. The Kier molecular flexibility index (Phi) is 3.51. The van der Waals surface area contributed by atoms with Gasteiger partial charge >= 0.3 is 0 Å². The number of imidazole rings is 1. The molecular weight excluding hydrogens is 304 g/mol. The Hall–Kier alpha value is -3.48. The molecule has 3 heterocycles. The van der Waals surface area contributed by atoms with E-state index in [1.54, 1.807) is 30.9 Å². The quantitative estimate of drug-likeness (QED) is 0.603. The van der Waals surface area contributed by atoms with Gasteiger partial charge in [-0.05, 0) is 36.4 Å². The minimum Gasteiger partial charge on any atom is -0.346 e. The summed E-state index contributed by atoms with van der Waals surface area (Å²) in [6, 6.07) is 11.1. The lowest BCUT2D eigenvalue weighted by molar-refractivity contribution is 0.0950. The molecule has 4 rings (SSSR count). The summed E-state index contributed by atoms with van der Waals surface area (Å²) in [5, 5.41) is 10.8. The third-order valence-electron chi connectivity index (χ3n) is 3.77. The number of nitrogens with one attached hydrogen (secondary N) is 2. The molecule has 0 bridgehead atoms. The normalized spacial score (nSPS) is 10.8. The minimum absolute atomic E-state index is 0.140. The zero-order valence-corrected chi connectivity index (χ0v) is 12.7. The van der Waals surface area contributed by atoms with Gasteiger partial charge in [0.1, 0.15) is 0 Å². The van der Waals surface area contributed by atoms with Gasteiger partial charge in [-0.2, -0.15) is 5.10 Å². The van der Waals surface area contributed by atoms with Gasteiger partial charge in [-0.25, -0.2) is 9.97 Å². The van der Waals surface area contributed by atoms with Crippen molar-refractivity contribution in [1.29, 1.82) is 0 Å². The van der Waals surface area contributed by atoms with E-state index < -0.39 is 0 Å². The highest BCUT2D eigenvalue weighted by molar-refractivity contribution is 5.94. The molecule has 0 atom stereocenters. The van der Waals surface area contributed by atoms with Crippen LogP contribution in [0, 0.1) is 0 Å². The molecule has 24 heavy (non-hydrogen) atoms. The first kappa shape index (κ1) is 14.1. The molecule has 0 fully saturated rings. The monoisotopic (exact) mass is 318 g/mol. The topological polar surface area (TPSA) is 88.5 Å². The number of hydrogen-bond acceptors (Lipinski definition) is 4. The van der Waals surface area contributed by atoms with E-state index >= 15 is 0 Å². The number of aromatic amines is 1. The number of pyridine rings is 1. The molecule has 0 aliphatic carbocycles. The van der Waals surface area contributed by atoms with Crippen LogP contribution in [0.5, 0.6) is 0 Å². The van der Waals surface area contributed by atoms with Gasteiger partial charge in [-0.1, -0.05) is 0 Å². The highest BCUT2D eigenvalue weighted by Gasteiger charge is 2.09. The number of H-pyrrole nitrogens is 1. The standard InChI is InChI=1S/C17H14N6O/c24-17(12-3-5-13(6-4-12)23-9-8-18-11-23)20-10-15-14-2-1-7-19-16(14)22-21-15/h1-9,11H,10H2,(H,20,24)(H,19,21,22). The second-order valence-corrected chi connectivity index (χ2v) is 5.28. The average Bonchev–Trinajstić information content (AvgIpc) is 3.30. The fourth-order valence-corrected chi connectivity index (χ4v) is 2.50. The lowest BCUT2D eigenvalue weighted by Crippen LogP contribution is -2.23. The molecule has 0 unspecified atom stereocenters. The molecule has 3 aromatic heterocycles. The number of carbonyl (C=O) groups is 1. The summed E-state index contributed by atoms with van der Waals surface area (Å²) in [6.45, 7) is 0.365. The van der Waals surface area contributed by atoms with Crippen LogP contribution in [0.25, 0.3) is 16.7 Å². The van der Waals surface area contributed by atoms with Gasteiger partial charge in [0.25, 0.3) is 5.91 Å². The Morgan fingerprint density at radius 1 is 1.17 bits per heavy atom. The van der Waals surface area contributed by atoms with Crippen molar-refractivity contribution in [2.45, 2.75) is 6.54 Å². The Balaban J connectivity index is 1.46. The molecule has 4 aromatic rings. The van der Waals surface area contributed by atoms with Crippen LogP contribution in [-0.2, 0) is 6.54 Å². The number of carbonyl (C=O) groups excluding carboxylic acids is 1. The van der Waals surface area contributed by atoms with Crippen molar-refractivity contribution >= 4 is 16.9 Å². The average molecular weight is 318 g/mol. The van der Waals surface area contributed by atoms with Gasteiger partial charge in [0.15, 0.2) is 5.65 Å². The van der Waals surface area contributed by atoms with Crippen LogP contribution >= 0.6 is 0 Å². The second-order valence-electron chi connectivity index (χ2n) is 5.28. The van der Waals surface area contributed by atoms with Gasteiger partial charge in [-0.3, -0.25) is 9.89 Å². The highest BCUT2D eigenvalue weighted by Crippen LogP contribution is 2.13. The predicted molar refractivity (Wildman–Crippen MR) is 88.6 cm³/mol. The summed E-state index contributed by atoms with van der Waals surface area (Å²) in [5.74, 6) is -0.140. The number of amides is 1. The van der Waals surface area contributed by atoms with Crippen LogP contribution in [0.15, 0.2) is 61.3 Å². The molecule has 0 spiro atoms. The largest absolute Gasteiger partial charge is 0.346 e. The van der Waals surface area contributed by atoms with Crippen molar-refractivity contribution in [3.63, 3.8) is 0 Å². The summed E-state index contributed by atoms with van der Waals surface area (Å²) in [6.07, 6.45) is 6.97. The van der Waals surface area contributed by atoms with Crippen molar-refractivity contribution < 1.29 is 4.79 Å². The summed E-state index contributed by atoms with van der Waals surface area (Å²) in [7, 11) is 0.